The minimum Gasteiger partial charge on any atom is -0.494 e. The fourth-order valence-electron chi connectivity index (χ4n) is 3.22. The van der Waals surface area contributed by atoms with Crippen LogP contribution in [-0.2, 0) is 6.54 Å². The molecule has 0 atom stereocenters. The Morgan fingerprint density at radius 2 is 1.77 bits per heavy atom. The molecular weight excluding hydrogens is 404 g/mol. The van der Waals surface area contributed by atoms with Crippen LogP contribution in [0.25, 0.3) is 10.9 Å². The highest BCUT2D eigenvalue weighted by molar-refractivity contribution is 6.22. The van der Waals surface area contributed by atoms with Crippen molar-refractivity contribution in [3.8, 4) is 5.88 Å². The summed E-state index contributed by atoms with van der Waals surface area (Å²) in [5, 5.41) is 22.4. The number of fused-ring (bicyclic) bond motifs is 1. The molecule has 0 fully saturated rings. The largest absolute Gasteiger partial charge is 0.494 e. The average molecular weight is 423 g/mol. The molecule has 0 saturated heterocycles. The van der Waals surface area contributed by atoms with Crippen LogP contribution in [0.15, 0.2) is 77.8 Å². The number of non-ortho nitro benzene ring substituents is 1. The third-order valence-corrected chi connectivity index (χ3v) is 4.67. The summed E-state index contributed by atoms with van der Waals surface area (Å²) in [6, 6.07) is 21.3. The third kappa shape index (κ3) is 4.03. The molecule has 3 aromatic carbocycles. The van der Waals surface area contributed by atoms with E-state index in [1.807, 2.05) is 54.6 Å². The quantitative estimate of drug-likeness (QED) is 0.242. The van der Waals surface area contributed by atoms with E-state index in [2.05, 4.69) is 4.98 Å². The molecule has 0 saturated carbocycles. The molecule has 4 aromatic rings. The lowest BCUT2D eigenvalue weighted by Crippen LogP contribution is -2.03. The first-order valence-electron chi connectivity index (χ1n) is 8.99. The van der Waals surface area contributed by atoms with Crippen molar-refractivity contribution >= 4 is 40.4 Å². The van der Waals surface area contributed by atoms with Crippen LogP contribution < -0.4 is 5.73 Å². The number of aliphatic imine (C=N–C) groups is 1. The molecule has 0 aliphatic rings. The van der Waals surface area contributed by atoms with Crippen molar-refractivity contribution in [1.82, 2.24) is 4.98 Å². The first kappa shape index (κ1) is 21.0. The van der Waals surface area contributed by atoms with E-state index in [0.717, 1.165) is 11.1 Å². The molecule has 0 radical (unpaired) electrons. The number of nitro benzene ring substituents is 1. The molecule has 1 aromatic heterocycles. The van der Waals surface area contributed by atoms with Gasteiger partial charge in [0, 0.05) is 35.1 Å². The number of benzene rings is 3. The van der Waals surface area contributed by atoms with Crippen molar-refractivity contribution in [2.45, 2.75) is 6.54 Å². The van der Waals surface area contributed by atoms with Crippen molar-refractivity contribution in [2.75, 3.05) is 0 Å². The van der Waals surface area contributed by atoms with Crippen molar-refractivity contribution in [3.05, 3.63) is 99.6 Å². The number of nitrogens with one attached hydrogen (secondary N) is 1. The second kappa shape index (κ2) is 8.77. The lowest BCUT2D eigenvalue weighted by molar-refractivity contribution is -0.384. The Morgan fingerprint density at radius 3 is 2.40 bits per heavy atom. The average Bonchev–Trinajstić information content (AvgIpc) is 3.07. The Balaban J connectivity index is 0.00000256. The van der Waals surface area contributed by atoms with Gasteiger partial charge in [-0.15, -0.1) is 12.4 Å². The highest BCUT2D eigenvalue weighted by Crippen LogP contribution is 2.33. The summed E-state index contributed by atoms with van der Waals surface area (Å²) in [6.07, 6.45) is 0. The second-order valence-corrected chi connectivity index (χ2v) is 6.53. The van der Waals surface area contributed by atoms with Crippen molar-refractivity contribution in [3.63, 3.8) is 0 Å². The summed E-state index contributed by atoms with van der Waals surface area (Å²) in [4.78, 5) is 18.4. The molecule has 30 heavy (non-hydrogen) atoms. The Kier molecular flexibility index (Phi) is 6.15. The number of nitrogens with two attached hydrogens (primary N) is 1. The van der Waals surface area contributed by atoms with Crippen LogP contribution in [0.3, 0.4) is 0 Å². The maximum Gasteiger partial charge on any atom is 0.270 e. The minimum absolute atomic E-state index is 0. The van der Waals surface area contributed by atoms with Gasteiger partial charge in [-0.25, -0.2) is 4.99 Å². The molecule has 0 spiro atoms. The molecule has 152 valence electrons. The van der Waals surface area contributed by atoms with Crippen molar-refractivity contribution in [2.24, 2.45) is 10.7 Å². The Hall–Kier alpha value is -3.68. The third-order valence-electron chi connectivity index (χ3n) is 4.67. The van der Waals surface area contributed by atoms with E-state index in [1.54, 1.807) is 6.07 Å². The number of halogens is 1. The maximum atomic E-state index is 11.2. The van der Waals surface area contributed by atoms with E-state index in [0.29, 0.717) is 34.4 Å². The molecule has 4 rings (SSSR count). The van der Waals surface area contributed by atoms with Gasteiger partial charge in [0.2, 0.25) is 0 Å². The summed E-state index contributed by atoms with van der Waals surface area (Å²) < 4.78 is 0. The number of H-pyrrole nitrogens is 1. The molecular formula is C22H19ClN4O3. The van der Waals surface area contributed by atoms with Crippen LogP contribution in [-0.4, -0.2) is 20.7 Å². The lowest BCUT2D eigenvalue weighted by atomic mass is 10.0. The zero-order valence-corrected chi connectivity index (χ0v) is 16.6. The topological polar surface area (TPSA) is 118 Å². The van der Waals surface area contributed by atoms with Gasteiger partial charge < -0.3 is 15.8 Å². The van der Waals surface area contributed by atoms with Crippen molar-refractivity contribution in [1.29, 1.82) is 0 Å². The van der Waals surface area contributed by atoms with E-state index in [-0.39, 0.29) is 24.0 Å². The number of nitrogens with zero attached hydrogens (tertiary/aromatic N) is 2. The van der Waals surface area contributed by atoms with E-state index in [1.165, 1.54) is 12.1 Å². The Bertz CT molecular complexity index is 1220. The number of aromatic nitrogens is 1. The highest BCUT2D eigenvalue weighted by Gasteiger charge is 2.20. The summed E-state index contributed by atoms with van der Waals surface area (Å²) in [5.74, 6) is -0.0957. The van der Waals surface area contributed by atoms with Gasteiger partial charge >= 0.3 is 0 Å². The molecule has 8 heteroatoms. The predicted molar refractivity (Wildman–Crippen MR) is 120 cm³/mol. The Labute approximate surface area is 178 Å². The van der Waals surface area contributed by atoms with Gasteiger partial charge in [-0.2, -0.15) is 0 Å². The summed E-state index contributed by atoms with van der Waals surface area (Å²) in [7, 11) is 0. The number of hydrogen-bond acceptors (Lipinski definition) is 5. The van der Waals surface area contributed by atoms with Gasteiger partial charge in [-0.1, -0.05) is 42.5 Å². The fourth-order valence-corrected chi connectivity index (χ4v) is 3.22. The van der Waals surface area contributed by atoms with Gasteiger partial charge in [0.25, 0.3) is 5.69 Å². The van der Waals surface area contributed by atoms with E-state index in [4.69, 9.17) is 10.7 Å². The molecule has 0 unspecified atom stereocenters. The van der Waals surface area contributed by atoms with E-state index in [9.17, 15) is 15.2 Å². The molecule has 0 bridgehead atoms. The number of aromatic amines is 1. The molecule has 0 aliphatic heterocycles. The summed E-state index contributed by atoms with van der Waals surface area (Å²) >= 11 is 0. The molecule has 4 N–H and O–H groups in total. The maximum absolute atomic E-state index is 11.2. The molecule has 0 aliphatic carbocycles. The highest BCUT2D eigenvalue weighted by atomic mass is 35.5. The Morgan fingerprint density at radius 1 is 1.07 bits per heavy atom. The minimum atomic E-state index is -0.460. The zero-order valence-electron chi connectivity index (χ0n) is 15.8. The smallest absolute Gasteiger partial charge is 0.270 e. The number of hydrogen-bond donors (Lipinski definition) is 3. The number of aromatic hydroxyl groups is 1. The van der Waals surface area contributed by atoms with Crippen LogP contribution in [0.1, 0.15) is 16.7 Å². The lowest BCUT2D eigenvalue weighted by Gasteiger charge is -2.08. The predicted octanol–water partition coefficient (Wildman–Crippen LogP) is 4.83. The summed E-state index contributed by atoms with van der Waals surface area (Å²) in [6.45, 7) is 0.433. The van der Waals surface area contributed by atoms with Gasteiger partial charge in [0.1, 0.15) is 0 Å². The van der Waals surface area contributed by atoms with Crippen LogP contribution in [0.5, 0.6) is 5.88 Å². The molecule has 0 amide bonds. The van der Waals surface area contributed by atoms with Crippen LogP contribution in [0.2, 0.25) is 0 Å². The van der Waals surface area contributed by atoms with Crippen LogP contribution in [0.4, 0.5) is 11.4 Å². The number of nitro groups is 1. The number of rotatable bonds is 5. The van der Waals surface area contributed by atoms with Gasteiger partial charge in [-0.05, 0) is 23.8 Å². The van der Waals surface area contributed by atoms with Gasteiger partial charge in [-0.3, -0.25) is 10.1 Å². The van der Waals surface area contributed by atoms with E-state index < -0.39 is 4.92 Å². The monoisotopic (exact) mass is 422 g/mol. The van der Waals surface area contributed by atoms with Crippen LogP contribution in [0, 0.1) is 10.1 Å². The SMILES string of the molecule is Cl.NCc1ccc(N=C(c2ccccc2)c2c(O)[nH]c3ccc([N+](=O)[O-])cc23)cc1. The second-order valence-electron chi connectivity index (χ2n) is 6.53. The normalized spacial score (nSPS) is 11.3. The standard InChI is InChI=1S/C22H18N4O3.ClH/c23-13-14-6-8-16(9-7-14)24-21(15-4-2-1-3-5-15)20-18-12-17(26(28)29)10-11-19(18)25-22(20)27;/h1-12,25,27H,13,23H2;1H. The summed E-state index contributed by atoms with van der Waals surface area (Å²) in [5.41, 5.74) is 9.56. The van der Waals surface area contributed by atoms with Gasteiger partial charge in [0.15, 0.2) is 5.88 Å². The fraction of sp³-hybridized carbons (Fsp3) is 0.0455. The zero-order chi connectivity index (χ0) is 20.4. The van der Waals surface area contributed by atoms with Gasteiger partial charge in [0.05, 0.1) is 21.9 Å². The van der Waals surface area contributed by atoms with Crippen LogP contribution >= 0.6 is 12.4 Å². The first-order valence-corrected chi connectivity index (χ1v) is 8.99. The molecule has 1 heterocycles. The molecule has 7 nitrogen and oxygen atoms in total. The van der Waals surface area contributed by atoms with E-state index >= 15 is 0 Å². The van der Waals surface area contributed by atoms with Crippen molar-refractivity contribution < 1.29 is 10.0 Å². The first-order chi connectivity index (χ1) is 14.1.